The molecule has 0 bridgehead atoms. The highest BCUT2D eigenvalue weighted by Crippen LogP contribution is 2.33. The number of benzene rings is 4. The van der Waals surface area contributed by atoms with Crippen molar-refractivity contribution >= 4 is 44.8 Å². The molecule has 1 N–H and O–H groups in total. The maximum absolute atomic E-state index is 13.8. The second kappa shape index (κ2) is 21.6. The van der Waals surface area contributed by atoms with Gasteiger partial charge in [0, 0.05) is 76.3 Å². The van der Waals surface area contributed by atoms with Crippen LogP contribution >= 0.6 is 11.6 Å². The molecule has 0 aliphatic carbocycles. The Labute approximate surface area is 372 Å². The lowest BCUT2D eigenvalue weighted by Crippen LogP contribution is -2.43. The number of fused-ring (bicyclic) bond motifs is 2. The fourth-order valence-corrected chi connectivity index (χ4v) is 9.56. The van der Waals surface area contributed by atoms with Gasteiger partial charge in [-0.2, -0.15) is 0 Å². The summed E-state index contributed by atoms with van der Waals surface area (Å²) < 4.78 is 42.2. The summed E-state index contributed by atoms with van der Waals surface area (Å²) in [6.45, 7) is 7.61. The number of aromatic nitrogens is 4. The number of ether oxygens (including phenoxy) is 2. The zero-order valence-electron chi connectivity index (χ0n) is 35.8. The minimum atomic E-state index is -0.219. The van der Waals surface area contributed by atoms with Crippen LogP contribution in [0.5, 0.6) is 0 Å². The van der Waals surface area contributed by atoms with Crippen LogP contribution in [0.3, 0.4) is 0 Å². The summed E-state index contributed by atoms with van der Waals surface area (Å²) in [6.07, 6.45) is 7.27. The molecule has 0 atom stereocenters. The fourth-order valence-electron chi connectivity index (χ4n) is 9.35. The molecule has 13 heteroatoms. The van der Waals surface area contributed by atoms with E-state index in [0.29, 0.717) is 51.4 Å². The maximum atomic E-state index is 13.8. The molecule has 332 valence electrons. The van der Waals surface area contributed by atoms with Crippen molar-refractivity contribution in [1.82, 2.24) is 29.3 Å². The van der Waals surface area contributed by atoms with Crippen LogP contribution in [0.15, 0.2) is 97.1 Å². The van der Waals surface area contributed by atoms with Crippen LogP contribution in [0.25, 0.3) is 22.1 Å². The number of piperidine rings is 2. The van der Waals surface area contributed by atoms with Crippen molar-refractivity contribution in [2.75, 3.05) is 52.6 Å². The highest BCUT2D eigenvalue weighted by atomic mass is 35.5. The Morgan fingerprint density at radius 1 is 0.603 bits per heavy atom. The van der Waals surface area contributed by atoms with Crippen molar-refractivity contribution in [3.05, 3.63) is 131 Å². The molecule has 1 amide bonds. The van der Waals surface area contributed by atoms with E-state index in [4.69, 9.17) is 31.0 Å². The molecule has 4 aromatic carbocycles. The summed E-state index contributed by atoms with van der Waals surface area (Å²) in [4.78, 5) is 35.3. The molecule has 10 nitrogen and oxygen atoms in total. The van der Waals surface area contributed by atoms with Crippen LogP contribution < -0.4 is 5.32 Å². The second-order valence-corrected chi connectivity index (χ2v) is 17.4. The van der Waals surface area contributed by atoms with E-state index in [-0.39, 0.29) is 34.6 Å². The fraction of sp³-hybridized carbons (Fsp3) is 0.440. The van der Waals surface area contributed by atoms with Gasteiger partial charge in [0.25, 0.3) is 0 Å². The average Bonchev–Trinajstić information content (AvgIpc) is 3.88. The third-order valence-corrected chi connectivity index (χ3v) is 13.1. The first-order valence-electron chi connectivity index (χ1n) is 22.5. The van der Waals surface area contributed by atoms with E-state index in [1.54, 1.807) is 24.3 Å². The molecule has 6 aromatic rings. The third kappa shape index (κ3) is 11.4. The molecule has 63 heavy (non-hydrogen) atoms. The average molecular weight is 879 g/mol. The molecule has 0 spiro atoms. The first-order chi connectivity index (χ1) is 30.8. The number of carbonyl (C=O) groups excluding carboxylic acids is 2. The highest BCUT2D eigenvalue weighted by molar-refractivity contribution is 6.64. The minimum absolute atomic E-state index is 0.0559. The number of amides is 1. The highest BCUT2D eigenvalue weighted by Gasteiger charge is 2.32. The standard InChI is InChI=1S/C25H28FN3O2.C19H20FN3.C6H9ClO2/c26-21-5-3-4-18(16-21)17-29-23-7-2-1-6-22(23)27-24(29)19-8-12-28(13-9-19)25(30)20-10-14-31-15-11-20;20-16-5-3-4-14(12-16)13-23-18-7-2-1-6-17(18)22-19(23)15-8-10-21-11-9-15;7-6(8)5-1-3-9-4-2-5/h1-7,16,19-20H,8-15,17H2;1-7,12,15,21H,8-11,13H2;5H,1-4H2. The Balaban J connectivity index is 0.000000149. The Hall–Kier alpha value is -5.01. The lowest BCUT2D eigenvalue weighted by atomic mass is 9.93. The van der Waals surface area contributed by atoms with Crippen LogP contribution in [0.4, 0.5) is 8.78 Å². The largest absolute Gasteiger partial charge is 0.381 e. The van der Waals surface area contributed by atoms with Crippen molar-refractivity contribution < 1.29 is 27.8 Å². The Bertz CT molecular complexity index is 2450. The van der Waals surface area contributed by atoms with Gasteiger partial charge in [0.2, 0.25) is 11.1 Å². The molecule has 0 saturated carbocycles. The molecular weight excluding hydrogens is 822 g/mol. The zero-order chi connectivity index (χ0) is 43.5. The first-order valence-corrected chi connectivity index (χ1v) is 22.9. The molecule has 4 saturated heterocycles. The number of para-hydroxylation sites is 4. The predicted octanol–water partition coefficient (Wildman–Crippen LogP) is 9.23. The smallest absolute Gasteiger partial charge is 0.225 e. The second-order valence-electron chi connectivity index (χ2n) is 17.1. The number of likely N-dealkylation sites (tertiary alicyclic amines) is 1. The minimum Gasteiger partial charge on any atom is -0.381 e. The van der Waals surface area contributed by atoms with Crippen molar-refractivity contribution in [1.29, 1.82) is 0 Å². The van der Waals surface area contributed by atoms with E-state index in [1.165, 1.54) is 12.1 Å². The molecule has 4 aliphatic rings. The number of carbonyl (C=O) groups is 2. The van der Waals surface area contributed by atoms with Crippen LogP contribution in [-0.2, 0) is 32.2 Å². The lowest BCUT2D eigenvalue weighted by molar-refractivity contribution is -0.139. The summed E-state index contributed by atoms with van der Waals surface area (Å²) in [5.41, 5.74) is 6.10. The number of nitrogens with one attached hydrogen (secondary N) is 1. The number of rotatable bonds is 8. The van der Waals surface area contributed by atoms with Gasteiger partial charge in [-0.1, -0.05) is 48.5 Å². The molecule has 2 aromatic heterocycles. The van der Waals surface area contributed by atoms with E-state index in [9.17, 15) is 18.4 Å². The van der Waals surface area contributed by atoms with Crippen LogP contribution in [-0.4, -0.2) is 87.8 Å². The summed E-state index contributed by atoms with van der Waals surface area (Å²) in [5, 5.41) is 3.20. The Kier molecular flexibility index (Phi) is 15.3. The van der Waals surface area contributed by atoms with E-state index in [2.05, 4.69) is 32.7 Å². The molecule has 0 radical (unpaired) electrons. The first kappa shape index (κ1) is 44.6. The number of nitrogens with zero attached hydrogens (tertiary/aromatic N) is 5. The zero-order valence-corrected chi connectivity index (χ0v) is 36.5. The van der Waals surface area contributed by atoms with Gasteiger partial charge in [-0.3, -0.25) is 9.59 Å². The van der Waals surface area contributed by atoms with Gasteiger partial charge in [-0.25, -0.2) is 18.7 Å². The predicted molar refractivity (Wildman–Crippen MR) is 242 cm³/mol. The van der Waals surface area contributed by atoms with Crippen molar-refractivity contribution in [3.8, 4) is 0 Å². The van der Waals surface area contributed by atoms with Gasteiger partial charge >= 0.3 is 0 Å². The number of hydrogen-bond donors (Lipinski definition) is 1. The number of halogens is 3. The normalized spacial score (nSPS) is 18.1. The number of imidazole rings is 2. The Morgan fingerprint density at radius 2 is 1.06 bits per heavy atom. The maximum Gasteiger partial charge on any atom is 0.225 e. The topological polar surface area (TPSA) is 104 Å². The van der Waals surface area contributed by atoms with Gasteiger partial charge in [-0.05, 0) is 136 Å². The molecule has 10 rings (SSSR count). The molecule has 4 aliphatic heterocycles. The molecule has 4 fully saturated rings. The van der Waals surface area contributed by atoms with E-state index >= 15 is 0 Å². The van der Waals surface area contributed by atoms with Crippen LogP contribution in [0, 0.1) is 23.5 Å². The summed E-state index contributed by atoms with van der Waals surface area (Å²) in [7, 11) is 0. The van der Waals surface area contributed by atoms with Gasteiger partial charge in [-0.15, -0.1) is 0 Å². The SMILES string of the molecule is Fc1cccc(Cn2c(C3CCNCC3)nc3ccccc32)c1.O=C(C1CCOCC1)N1CCC(c2nc3ccccc3n2Cc2cccc(F)c2)CC1.O=C(Cl)C1CCOCC1. The summed E-state index contributed by atoms with van der Waals surface area (Å²) >= 11 is 5.26. The van der Waals surface area contributed by atoms with E-state index in [1.807, 2.05) is 47.4 Å². The molecular formula is C50H57ClF2N6O4. The number of hydrogen-bond acceptors (Lipinski definition) is 7. The van der Waals surface area contributed by atoms with Gasteiger partial charge < -0.3 is 28.8 Å². The summed E-state index contributed by atoms with van der Waals surface area (Å²) in [5.74, 6) is 2.99. The van der Waals surface area contributed by atoms with E-state index < -0.39 is 0 Å². The Morgan fingerprint density at radius 3 is 1.52 bits per heavy atom. The summed E-state index contributed by atoms with van der Waals surface area (Å²) in [6, 6.07) is 30.0. The quantitative estimate of drug-likeness (QED) is 0.152. The molecule has 6 heterocycles. The molecule has 0 unspecified atom stereocenters. The van der Waals surface area contributed by atoms with Gasteiger partial charge in [0.1, 0.15) is 23.3 Å². The van der Waals surface area contributed by atoms with Crippen LogP contribution in [0.2, 0.25) is 0 Å². The van der Waals surface area contributed by atoms with Crippen molar-refractivity contribution in [2.24, 2.45) is 11.8 Å². The van der Waals surface area contributed by atoms with Gasteiger partial charge in [0.15, 0.2) is 0 Å². The van der Waals surface area contributed by atoms with Gasteiger partial charge in [0.05, 0.1) is 22.1 Å². The van der Waals surface area contributed by atoms with Crippen molar-refractivity contribution in [3.63, 3.8) is 0 Å². The van der Waals surface area contributed by atoms with E-state index in [0.717, 1.165) is 122 Å². The van der Waals surface area contributed by atoms with Crippen molar-refractivity contribution in [2.45, 2.75) is 76.3 Å². The monoisotopic (exact) mass is 878 g/mol. The van der Waals surface area contributed by atoms with Crippen LogP contribution in [0.1, 0.15) is 86.0 Å². The third-order valence-electron chi connectivity index (χ3n) is 12.8. The lowest BCUT2D eigenvalue weighted by Gasteiger charge is -2.35.